The minimum atomic E-state index is -4.40. The van der Waals surface area contributed by atoms with Gasteiger partial charge in [0, 0.05) is 19.0 Å². The van der Waals surface area contributed by atoms with Crippen LogP contribution in [0.15, 0.2) is 30.3 Å². The Hall–Kier alpha value is -2.05. The van der Waals surface area contributed by atoms with Crippen LogP contribution in [-0.2, 0) is 16.0 Å². The molecule has 0 spiro atoms. The largest absolute Gasteiger partial charge is 0.405 e. The lowest BCUT2D eigenvalue weighted by atomic mass is 9.95. The van der Waals surface area contributed by atoms with Crippen molar-refractivity contribution in [3.8, 4) is 0 Å². The second-order valence-corrected chi connectivity index (χ2v) is 5.65. The zero-order valence-corrected chi connectivity index (χ0v) is 12.6. The molecule has 1 aromatic carbocycles. The number of piperidine rings is 1. The van der Waals surface area contributed by atoms with E-state index in [0.29, 0.717) is 32.4 Å². The lowest BCUT2D eigenvalue weighted by molar-refractivity contribution is -0.142. The van der Waals surface area contributed by atoms with Crippen LogP contribution in [0.3, 0.4) is 0 Å². The summed E-state index contributed by atoms with van der Waals surface area (Å²) in [4.78, 5) is 25.5. The molecule has 2 rings (SSSR count). The van der Waals surface area contributed by atoms with E-state index in [4.69, 9.17) is 0 Å². The molecule has 0 aromatic heterocycles. The number of amides is 2. The summed E-state index contributed by atoms with van der Waals surface area (Å²) < 4.78 is 36.3. The zero-order chi connectivity index (χ0) is 16.9. The third-order valence-electron chi connectivity index (χ3n) is 3.88. The van der Waals surface area contributed by atoms with E-state index in [2.05, 4.69) is 0 Å². The summed E-state index contributed by atoms with van der Waals surface area (Å²) in [5.74, 6) is -1.07. The smallest absolute Gasteiger partial charge is 0.347 e. The molecule has 1 aliphatic rings. The number of hydrogen-bond donors (Lipinski definition) is 1. The first-order valence-corrected chi connectivity index (χ1v) is 7.51. The Morgan fingerprint density at radius 2 is 1.74 bits per heavy atom. The quantitative estimate of drug-likeness (QED) is 0.921. The van der Waals surface area contributed by atoms with Gasteiger partial charge in [0.15, 0.2) is 0 Å². The third-order valence-corrected chi connectivity index (χ3v) is 3.88. The van der Waals surface area contributed by atoms with Gasteiger partial charge in [-0.1, -0.05) is 30.3 Å². The zero-order valence-electron chi connectivity index (χ0n) is 12.6. The maximum absolute atomic E-state index is 12.2. The van der Waals surface area contributed by atoms with E-state index in [0.717, 1.165) is 5.56 Å². The number of alkyl halides is 3. The fourth-order valence-electron chi connectivity index (χ4n) is 2.61. The van der Waals surface area contributed by atoms with Gasteiger partial charge in [0.1, 0.15) is 6.54 Å². The van der Waals surface area contributed by atoms with Gasteiger partial charge in [0.05, 0.1) is 6.42 Å². The van der Waals surface area contributed by atoms with Crippen molar-refractivity contribution in [2.45, 2.75) is 25.4 Å². The van der Waals surface area contributed by atoms with E-state index in [-0.39, 0.29) is 5.91 Å². The number of halogens is 3. The molecule has 1 saturated heterocycles. The van der Waals surface area contributed by atoms with E-state index >= 15 is 0 Å². The van der Waals surface area contributed by atoms with E-state index in [1.165, 1.54) is 0 Å². The normalized spacial score (nSPS) is 16.2. The molecule has 4 nitrogen and oxygen atoms in total. The van der Waals surface area contributed by atoms with Crippen LogP contribution < -0.4 is 5.32 Å². The molecule has 1 heterocycles. The Morgan fingerprint density at radius 3 is 2.30 bits per heavy atom. The number of nitrogens with zero attached hydrogens (tertiary/aromatic N) is 1. The number of rotatable bonds is 4. The highest BCUT2D eigenvalue weighted by molar-refractivity contribution is 5.81. The summed E-state index contributed by atoms with van der Waals surface area (Å²) in [6.45, 7) is -0.509. The summed E-state index contributed by atoms with van der Waals surface area (Å²) in [5, 5.41) is 1.91. The first-order chi connectivity index (χ1) is 10.8. The number of carbonyl (C=O) groups excluding carboxylic acids is 2. The SMILES string of the molecule is O=C(NCC(F)(F)F)C1CCN(C(=O)Cc2ccccc2)CC1. The van der Waals surface area contributed by atoms with Crippen LogP contribution in [0.4, 0.5) is 13.2 Å². The molecule has 23 heavy (non-hydrogen) atoms. The maximum atomic E-state index is 12.2. The Balaban J connectivity index is 1.77. The summed E-state index contributed by atoms with van der Waals surface area (Å²) in [6, 6.07) is 9.34. The average molecular weight is 328 g/mol. The molecule has 1 aromatic rings. The standard InChI is InChI=1S/C16H19F3N2O2/c17-16(18,19)11-20-15(23)13-6-8-21(9-7-13)14(22)10-12-4-2-1-3-5-12/h1-5,13H,6-11H2,(H,20,23). The minimum absolute atomic E-state index is 0.0228. The lowest BCUT2D eigenvalue weighted by Gasteiger charge is -2.31. The highest BCUT2D eigenvalue weighted by Gasteiger charge is 2.31. The van der Waals surface area contributed by atoms with Gasteiger partial charge in [-0.15, -0.1) is 0 Å². The molecule has 0 atom stereocenters. The molecule has 7 heteroatoms. The number of carbonyl (C=O) groups is 2. The van der Waals surface area contributed by atoms with Crippen LogP contribution in [-0.4, -0.2) is 42.5 Å². The number of likely N-dealkylation sites (tertiary alicyclic amines) is 1. The van der Waals surface area contributed by atoms with Gasteiger partial charge >= 0.3 is 6.18 Å². The maximum Gasteiger partial charge on any atom is 0.405 e. The van der Waals surface area contributed by atoms with Crippen LogP contribution in [0.2, 0.25) is 0 Å². The van der Waals surface area contributed by atoms with E-state index in [1.54, 1.807) is 4.90 Å². The number of nitrogens with one attached hydrogen (secondary N) is 1. The Morgan fingerprint density at radius 1 is 1.13 bits per heavy atom. The van der Waals surface area contributed by atoms with Crippen LogP contribution >= 0.6 is 0 Å². The fourth-order valence-corrected chi connectivity index (χ4v) is 2.61. The van der Waals surface area contributed by atoms with Crippen molar-refractivity contribution >= 4 is 11.8 Å². The van der Waals surface area contributed by atoms with Crippen molar-refractivity contribution in [1.29, 1.82) is 0 Å². The van der Waals surface area contributed by atoms with Gasteiger partial charge in [-0.2, -0.15) is 13.2 Å². The van der Waals surface area contributed by atoms with Crippen molar-refractivity contribution in [2.24, 2.45) is 5.92 Å². The predicted molar refractivity (Wildman–Crippen MR) is 78.5 cm³/mol. The van der Waals surface area contributed by atoms with Gasteiger partial charge in [-0.05, 0) is 18.4 Å². The summed E-state index contributed by atoms with van der Waals surface area (Å²) in [5.41, 5.74) is 0.919. The van der Waals surface area contributed by atoms with E-state index in [1.807, 2.05) is 35.6 Å². The molecule has 0 saturated carbocycles. The van der Waals surface area contributed by atoms with Gasteiger partial charge in [0.2, 0.25) is 11.8 Å². The van der Waals surface area contributed by atoms with Crippen LogP contribution in [0.25, 0.3) is 0 Å². The molecule has 1 N–H and O–H groups in total. The van der Waals surface area contributed by atoms with Crippen LogP contribution in [0, 0.1) is 5.92 Å². The van der Waals surface area contributed by atoms with Crippen molar-refractivity contribution in [1.82, 2.24) is 10.2 Å². The Labute approximate surface area is 132 Å². The monoisotopic (exact) mass is 328 g/mol. The minimum Gasteiger partial charge on any atom is -0.347 e. The van der Waals surface area contributed by atoms with Crippen molar-refractivity contribution in [3.05, 3.63) is 35.9 Å². The topological polar surface area (TPSA) is 49.4 Å². The van der Waals surface area contributed by atoms with E-state index < -0.39 is 24.5 Å². The highest BCUT2D eigenvalue weighted by Crippen LogP contribution is 2.19. The number of hydrogen-bond acceptors (Lipinski definition) is 2. The molecule has 1 fully saturated rings. The third kappa shape index (κ3) is 5.58. The lowest BCUT2D eigenvalue weighted by Crippen LogP contribution is -2.45. The molecule has 0 bridgehead atoms. The second kappa shape index (κ2) is 7.48. The fraction of sp³-hybridized carbons (Fsp3) is 0.500. The first kappa shape index (κ1) is 17.3. The van der Waals surface area contributed by atoms with Crippen molar-refractivity contribution in [2.75, 3.05) is 19.6 Å². The average Bonchev–Trinajstić information content (AvgIpc) is 2.53. The van der Waals surface area contributed by atoms with Crippen LogP contribution in [0.5, 0.6) is 0 Å². The van der Waals surface area contributed by atoms with Gasteiger partial charge in [-0.3, -0.25) is 9.59 Å². The van der Waals surface area contributed by atoms with Gasteiger partial charge in [-0.25, -0.2) is 0 Å². The molecule has 1 aliphatic heterocycles. The highest BCUT2D eigenvalue weighted by atomic mass is 19.4. The summed E-state index contributed by atoms with van der Waals surface area (Å²) in [6.07, 6.45) is -3.32. The van der Waals surface area contributed by atoms with Crippen molar-refractivity contribution < 1.29 is 22.8 Å². The molecule has 2 amide bonds. The molecule has 126 valence electrons. The van der Waals surface area contributed by atoms with Gasteiger partial charge in [0.25, 0.3) is 0 Å². The molecule has 0 aliphatic carbocycles. The van der Waals surface area contributed by atoms with Gasteiger partial charge < -0.3 is 10.2 Å². The predicted octanol–water partition coefficient (Wildman–Crippen LogP) is 2.15. The second-order valence-electron chi connectivity index (χ2n) is 5.65. The summed E-state index contributed by atoms with van der Waals surface area (Å²) >= 11 is 0. The van der Waals surface area contributed by atoms with Crippen LogP contribution in [0.1, 0.15) is 18.4 Å². The summed E-state index contributed by atoms with van der Waals surface area (Å²) in [7, 11) is 0. The molecule has 0 radical (unpaired) electrons. The van der Waals surface area contributed by atoms with Crippen molar-refractivity contribution in [3.63, 3.8) is 0 Å². The molecular weight excluding hydrogens is 309 g/mol. The molecule has 0 unspecified atom stereocenters. The molecular formula is C16H19F3N2O2. The number of benzene rings is 1. The Bertz CT molecular complexity index is 538. The Kier molecular flexibility index (Phi) is 5.63. The van der Waals surface area contributed by atoms with E-state index in [9.17, 15) is 22.8 Å². The first-order valence-electron chi connectivity index (χ1n) is 7.51.